The average Bonchev–Trinajstić information content (AvgIpc) is 2.97. The lowest BCUT2D eigenvalue weighted by Crippen LogP contribution is -2.23. The van der Waals surface area contributed by atoms with E-state index in [-0.39, 0.29) is 17.3 Å². The van der Waals surface area contributed by atoms with Crippen molar-refractivity contribution in [3.63, 3.8) is 0 Å². The van der Waals surface area contributed by atoms with Gasteiger partial charge in [0.2, 0.25) is 10.0 Å². The molecule has 0 bridgehead atoms. The Morgan fingerprint density at radius 1 is 1.30 bits per heavy atom. The maximum absolute atomic E-state index is 12.0. The van der Waals surface area contributed by atoms with Gasteiger partial charge in [0.05, 0.1) is 11.4 Å². The Balaban J connectivity index is 2.01. The van der Waals surface area contributed by atoms with Crippen LogP contribution in [0.1, 0.15) is 5.82 Å². The van der Waals surface area contributed by atoms with Crippen LogP contribution >= 0.6 is 0 Å². The van der Waals surface area contributed by atoms with Gasteiger partial charge in [0.15, 0.2) is 5.82 Å². The molecular formula is C10H14N6O3S. The number of rotatable bonds is 7. The molecule has 1 heterocycles. The van der Waals surface area contributed by atoms with Crippen molar-refractivity contribution in [2.24, 2.45) is 5.73 Å². The number of nitrogens with one attached hydrogen (secondary N) is 2. The smallest absolute Gasteiger partial charge is 0.240 e. The summed E-state index contributed by atoms with van der Waals surface area (Å²) in [5, 5.41) is 12.9. The molecule has 108 valence electrons. The van der Waals surface area contributed by atoms with E-state index in [9.17, 15) is 8.42 Å². The van der Waals surface area contributed by atoms with Gasteiger partial charge in [-0.2, -0.15) is 5.21 Å². The summed E-state index contributed by atoms with van der Waals surface area (Å²) in [6, 6.07) is 6.03. The molecule has 0 aliphatic rings. The van der Waals surface area contributed by atoms with Gasteiger partial charge < -0.3 is 10.5 Å². The molecule has 0 spiro atoms. The quantitative estimate of drug-likeness (QED) is 0.597. The van der Waals surface area contributed by atoms with Gasteiger partial charge in [-0.05, 0) is 24.3 Å². The molecule has 4 N–H and O–H groups in total. The number of sulfonamides is 1. The van der Waals surface area contributed by atoms with E-state index < -0.39 is 10.0 Å². The zero-order chi connectivity index (χ0) is 14.4. The van der Waals surface area contributed by atoms with Gasteiger partial charge in [-0.15, -0.1) is 10.2 Å². The number of nitrogens with zero attached hydrogens (tertiary/aromatic N) is 3. The topological polar surface area (TPSA) is 136 Å². The van der Waals surface area contributed by atoms with E-state index >= 15 is 0 Å². The van der Waals surface area contributed by atoms with Gasteiger partial charge in [0, 0.05) is 6.54 Å². The van der Waals surface area contributed by atoms with Crippen molar-refractivity contribution >= 4 is 10.0 Å². The number of H-pyrrole nitrogens is 1. The van der Waals surface area contributed by atoms with E-state index in [1.807, 2.05) is 0 Å². The maximum atomic E-state index is 12.0. The Morgan fingerprint density at radius 2 is 2.05 bits per heavy atom. The van der Waals surface area contributed by atoms with Crippen LogP contribution in [0.4, 0.5) is 0 Å². The van der Waals surface area contributed by atoms with Crippen molar-refractivity contribution in [1.82, 2.24) is 25.3 Å². The highest BCUT2D eigenvalue weighted by Gasteiger charge is 2.14. The molecule has 0 radical (unpaired) electrons. The highest BCUT2D eigenvalue weighted by Crippen LogP contribution is 2.15. The molecule has 0 saturated heterocycles. The van der Waals surface area contributed by atoms with Gasteiger partial charge in [-0.25, -0.2) is 13.1 Å². The molecular weight excluding hydrogens is 284 g/mol. The van der Waals surface area contributed by atoms with Crippen LogP contribution in [0.3, 0.4) is 0 Å². The van der Waals surface area contributed by atoms with E-state index in [4.69, 9.17) is 10.5 Å². The van der Waals surface area contributed by atoms with Crippen molar-refractivity contribution in [2.75, 3.05) is 13.2 Å². The predicted molar refractivity (Wildman–Crippen MR) is 69.2 cm³/mol. The fraction of sp³-hybridized carbons (Fsp3) is 0.300. The lowest BCUT2D eigenvalue weighted by molar-refractivity contribution is 0.328. The molecule has 0 amide bonds. The van der Waals surface area contributed by atoms with Gasteiger partial charge in [0.1, 0.15) is 12.4 Å². The Kier molecular flexibility index (Phi) is 4.61. The molecule has 10 heteroatoms. The zero-order valence-electron chi connectivity index (χ0n) is 10.5. The van der Waals surface area contributed by atoms with Crippen LogP contribution in [-0.4, -0.2) is 42.2 Å². The Labute approximate surface area is 115 Å². The van der Waals surface area contributed by atoms with Crippen LogP contribution in [0.5, 0.6) is 5.75 Å². The Bertz CT molecular complexity index is 626. The summed E-state index contributed by atoms with van der Waals surface area (Å²) < 4.78 is 31.6. The van der Waals surface area contributed by atoms with Gasteiger partial charge in [-0.3, -0.25) is 0 Å². The normalized spacial score (nSPS) is 11.4. The number of nitrogens with two attached hydrogens (primary N) is 1. The molecule has 0 atom stereocenters. The molecule has 2 rings (SSSR count). The van der Waals surface area contributed by atoms with Crippen molar-refractivity contribution in [3.8, 4) is 5.75 Å². The highest BCUT2D eigenvalue weighted by atomic mass is 32.2. The first kappa shape index (κ1) is 14.4. The summed E-state index contributed by atoms with van der Waals surface area (Å²) in [7, 11) is -3.63. The third-order valence-corrected chi connectivity index (χ3v) is 3.75. The SMILES string of the molecule is NCCOc1ccc(S(=O)(=O)NCc2nn[nH]n2)cc1. The van der Waals surface area contributed by atoms with E-state index in [2.05, 4.69) is 25.3 Å². The molecule has 0 unspecified atom stereocenters. The van der Waals surface area contributed by atoms with Gasteiger partial charge in [-0.1, -0.05) is 5.21 Å². The highest BCUT2D eigenvalue weighted by molar-refractivity contribution is 7.89. The average molecular weight is 298 g/mol. The van der Waals surface area contributed by atoms with E-state index in [1.165, 1.54) is 12.1 Å². The first-order valence-corrected chi connectivity index (χ1v) is 7.25. The third-order valence-electron chi connectivity index (χ3n) is 2.33. The van der Waals surface area contributed by atoms with E-state index in [0.717, 1.165) is 0 Å². The number of tetrazole rings is 1. The summed E-state index contributed by atoms with van der Waals surface area (Å²) in [5.74, 6) is 0.823. The van der Waals surface area contributed by atoms with E-state index in [0.29, 0.717) is 18.9 Å². The summed E-state index contributed by atoms with van der Waals surface area (Å²) >= 11 is 0. The summed E-state index contributed by atoms with van der Waals surface area (Å²) in [4.78, 5) is 0.126. The second kappa shape index (κ2) is 6.41. The minimum Gasteiger partial charge on any atom is -0.492 e. The number of hydrogen-bond donors (Lipinski definition) is 3. The molecule has 20 heavy (non-hydrogen) atoms. The molecule has 0 aliphatic carbocycles. The Morgan fingerprint density at radius 3 is 2.65 bits per heavy atom. The minimum atomic E-state index is -3.63. The van der Waals surface area contributed by atoms with Crippen LogP contribution < -0.4 is 15.2 Å². The van der Waals surface area contributed by atoms with Crippen LogP contribution in [0.15, 0.2) is 29.2 Å². The molecule has 1 aromatic carbocycles. The summed E-state index contributed by atoms with van der Waals surface area (Å²) in [5.41, 5.74) is 5.31. The van der Waals surface area contributed by atoms with Crippen LogP contribution in [0.2, 0.25) is 0 Å². The second-order valence-electron chi connectivity index (χ2n) is 3.76. The molecule has 2 aromatic rings. The molecule has 0 saturated carbocycles. The van der Waals surface area contributed by atoms with Crippen molar-refractivity contribution < 1.29 is 13.2 Å². The van der Waals surface area contributed by atoms with Gasteiger partial charge in [0.25, 0.3) is 0 Å². The standard InChI is InChI=1S/C10H14N6O3S/c11-5-6-19-8-1-3-9(4-2-8)20(17,18)12-7-10-13-15-16-14-10/h1-4,12H,5-7,11H2,(H,13,14,15,16). The minimum absolute atomic E-state index is 0.0374. The first-order valence-electron chi connectivity index (χ1n) is 5.77. The fourth-order valence-corrected chi connectivity index (χ4v) is 2.37. The number of hydrogen-bond acceptors (Lipinski definition) is 7. The number of aromatic nitrogens is 4. The summed E-state index contributed by atoms with van der Waals surface area (Å²) in [6.45, 7) is 0.735. The largest absolute Gasteiger partial charge is 0.492 e. The van der Waals surface area contributed by atoms with Crippen molar-refractivity contribution in [3.05, 3.63) is 30.1 Å². The second-order valence-corrected chi connectivity index (χ2v) is 5.53. The molecule has 1 aromatic heterocycles. The lowest BCUT2D eigenvalue weighted by Gasteiger charge is -2.07. The molecule has 9 nitrogen and oxygen atoms in total. The molecule has 0 aliphatic heterocycles. The lowest BCUT2D eigenvalue weighted by atomic mass is 10.3. The maximum Gasteiger partial charge on any atom is 0.240 e. The van der Waals surface area contributed by atoms with Crippen molar-refractivity contribution in [2.45, 2.75) is 11.4 Å². The number of benzene rings is 1. The molecule has 0 fully saturated rings. The summed E-state index contributed by atoms with van der Waals surface area (Å²) in [6.07, 6.45) is 0. The van der Waals surface area contributed by atoms with Crippen LogP contribution in [-0.2, 0) is 16.6 Å². The third kappa shape index (κ3) is 3.73. The first-order chi connectivity index (χ1) is 9.62. The van der Waals surface area contributed by atoms with E-state index in [1.54, 1.807) is 12.1 Å². The Hall–Kier alpha value is -2.04. The number of aromatic amines is 1. The zero-order valence-corrected chi connectivity index (χ0v) is 11.3. The van der Waals surface area contributed by atoms with Gasteiger partial charge >= 0.3 is 0 Å². The monoisotopic (exact) mass is 298 g/mol. The predicted octanol–water partition coefficient (Wildman–Crippen LogP) is -0.984. The fourth-order valence-electron chi connectivity index (χ4n) is 1.39. The number of ether oxygens (including phenoxy) is 1. The van der Waals surface area contributed by atoms with Crippen molar-refractivity contribution in [1.29, 1.82) is 0 Å². The van der Waals surface area contributed by atoms with Crippen LogP contribution in [0.25, 0.3) is 0 Å². The van der Waals surface area contributed by atoms with Crippen LogP contribution in [0, 0.1) is 0 Å².